The molecular formula is C60H101NO5. The molecule has 0 aliphatic heterocycles. The normalized spacial score (nSPS) is 14.1. The van der Waals surface area contributed by atoms with Gasteiger partial charge in [-0.25, -0.2) is 0 Å². The highest BCUT2D eigenvalue weighted by molar-refractivity contribution is 5.77. The van der Waals surface area contributed by atoms with E-state index in [2.05, 4.69) is 74.7 Å². The van der Waals surface area contributed by atoms with Gasteiger partial charge in [-0.05, 0) is 77.0 Å². The van der Waals surface area contributed by atoms with E-state index in [1.54, 1.807) is 0 Å². The molecule has 0 saturated carbocycles. The van der Waals surface area contributed by atoms with Gasteiger partial charge < -0.3 is 20.3 Å². The van der Waals surface area contributed by atoms with Gasteiger partial charge in [0, 0.05) is 6.42 Å². The third-order valence-corrected chi connectivity index (χ3v) is 11.7. The van der Waals surface area contributed by atoms with Crippen molar-refractivity contribution in [1.82, 2.24) is 5.32 Å². The minimum Gasteiger partial charge on any atom is -0.462 e. The van der Waals surface area contributed by atoms with Gasteiger partial charge in [-0.2, -0.15) is 0 Å². The van der Waals surface area contributed by atoms with Crippen molar-refractivity contribution in [2.75, 3.05) is 6.61 Å². The molecule has 0 bridgehead atoms. The van der Waals surface area contributed by atoms with E-state index in [0.717, 1.165) is 83.5 Å². The molecule has 1 amide bonds. The van der Waals surface area contributed by atoms with Crippen molar-refractivity contribution in [1.29, 1.82) is 0 Å². The van der Waals surface area contributed by atoms with E-state index in [-0.39, 0.29) is 24.9 Å². The Bertz CT molecular complexity index is 1350. The van der Waals surface area contributed by atoms with Crippen molar-refractivity contribution in [3.8, 4) is 0 Å². The highest BCUT2D eigenvalue weighted by Gasteiger charge is 2.24. The molecule has 0 saturated heterocycles. The van der Waals surface area contributed by atoms with Crippen molar-refractivity contribution in [3.63, 3.8) is 0 Å². The molecule has 3 atom stereocenters. The second kappa shape index (κ2) is 52.5. The largest absolute Gasteiger partial charge is 0.462 e. The maximum atomic E-state index is 13.2. The second-order valence-electron chi connectivity index (χ2n) is 18.0. The van der Waals surface area contributed by atoms with E-state index >= 15 is 0 Å². The Morgan fingerprint density at radius 1 is 0.470 bits per heavy atom. The van der Waals surface area contributed by atoms with Crippen LogP contribution in [0.25, 0.3) is 0 Å². The molecule has 0 aromatic carbocycles. The Balaban J connectivity index is 4.73. The molecule has 376 valence electrons. The lowest BCUT2D eigenvalue weighted by molar-refractivity contribution is -0.151. The first-order chi connectivity index (χ1) is 32.5. The highest BCUT2D eigenvalue weighted by atomic mass is 16.5. The molecule has 0 aromatic heterocycles. The summed E-state index contributed by atoms with van der Waals surface area (Å²) in [5, 5.41) is 23.8. The van der Waals surface area contributed by atoms with Crippen LogP contribution in [0.1, 0.15) is 233 Å². The number of aliphatic hydroxyl groups is 2. The van der Waals surface area contributed by atoms with Gasteiger partial charge in [0.2, 0.25) is 5.91 Å². The molecule has 0 aromatic rings. The SMILES string of the molecule is CC\C=C/C=C/C=C/C=C\C=C\C=C\CCCC(CC(=O)NC(CO)C(O)CCCCCCCCCCCCCCC)OC(=O)CCCCCCCC/C=C\C/C=C\C/C=C\CCCCC. The molecule has 6 nitrogen and oxygen atoms in total. The lowest BCUT2D eigenvalue weighted by Crippen LogP contribution is -2.46. The summed E-state index contributed by atoms with van der Waals surface area (Å²) >= 11 is 0. The number of amides is 1. The molecule has 0 rings (SSSR count). The van der Waals surface area contributed by atoms with Crippen molar-refractivity contribution in [3.05, 3.63) is 109 Å². The van der Waals surface area contributed by atoms with Crippen molar-refractivity contribution >= 4 is 11.9 Å². The Labute approximate surface area is 407 Å². The number of carbonyl (C=O) groups excluding carboxylic acids is 2. The molecule has 3 N–H and O–H groups in total. The number of unbranched alkanes of at least 4 members (excludes halogenated alkanes) is 22. The fourth-order valence-corrected chi connectivity index (χ4v) is 7.65. The topological polar surface area (TPSA) is 95.9 Å². The second-order valence-corrected chi connectivity index (χ2v) is 18.0. The monoisotopic (exact) mass is 916 g/mol. The van der Waals surface area contributed by atoms with Crippen molar-refractivity contribution < 1.29 is 24.5 Å². The van der Waals surface area contributed by atoms with Crippen LogP contribution in [0.4, 0.5) is 0 Å². The van der Waals surface area contributed by atoms with Gasteiger partial charge in [-0.15, -0.1) is 0 Å². The molecule has 0 heterocycles. The van der Waals surface area contributed by atoms with Gasteiger partial charge in [0.1, 0.15) is 6.10 Å². The summed E-state index contributed by atoms with van der Waals surface area (Å²) in [6.07, 6.45) is 71.5. The number of ether oxygens (including phenoxy) is 1. The van der Waals surface area contributed by atoms with Crippen molar-refractivity contribution in [2.45, 2.75) is 251 Å². The zero-order valence-corrected chi connectivity index (χ0v) is 42.8. The number of esters is 1. The van der Waals surface area contributed by atoms with Gasteiger partial charge in [-0.3, -0.25) is 9.59 Å². The molecule has 0 aliphatic rings. The van der Waals surface area contributed by atoms with E-state index in [0.29, 0.717) is 19.3 Å². The minimum atomic E-state index is -0.817. The molecule has 0 aliphatic carbocycles. The zero-order valence-electron chi connectivity index (χ0n) is 42.8. The molecule has 0 radical (unpaired) electrons. The van der Waals surface area contributed by atoms with Crippen LogP contribution in [0.3, 0.4) is 0 Å². The number of rotatable bonds is 47. The number of allylic oxidation sites excluding steroid dienone is 18. The summed E-state index contributed by atoms with van der Waals surface area (Å²) in [5.41, 5.74) is 0. The average molecular weight is 916 g/mol. The summed E-state index contributed by atoms with van der Waals surface area (Å²) in [5.74, 6) is -0.570. The van der Waals surface area contributed by atoms with E-state index in [1.807, 2.05) is 60.8 Å². The quantitative estimate of drug-likeness (QED) is 0.0245. The Hall–Kier alpha value is -3.48. The summed E-state index contributed by atoms with van der Waals surface area (Å²) < 4.78 is 5.90. The number of hydrogen-bond donors (Lipinski definition) is 3. The number of aliphatic hydroxyl groups excluding tert-OH is 2. The standard InChI is InChI=1S/C60H101NO5/c1-4-7-10-13-16-19-22-25-27-28-29-30-32-35-38-41-44-47-50-53-60(65)66-56(51-48-45-42-39-36-34-31-26-23-20-17-14-11-8-5-2)54-59(64)61-57(55-62)58(63)52-49-46-43-40-37-33-24-21-18-15-12-9-6-3/h8,11,14,16-17,19-20,23,25-27,29-31,34,36,39,42,56-58,62-63H,4-7,9-10,12-13,15,18,21-22,24,28,32-33,35,37-38,40-41,43-55H2,1-3H3,(H,61,64)/b11-8-,17-14+,19-16-,23-20+,27-25-,30-29-,31-26-,36-34+,42-39+. The zero-order chi connectivity index (χ0) is 48.1. The number of hydrogen-bond acceptors (Lipinski definition) is 5. The van der Waals surface area contributed by atoms with Crippen LogP contribution in [-0.4, -0.2) is 46.9 Å². The maximum absolute atomic E-state index is 13.2. The van der Waals surface area contributed by atoms with Crippen LogP contribution < -0.4 is 5.32 Å². The summed E-state index contributed by atoms with van der Waals surface area (Å²) in [6, 6.07) is -0.736. The Morgan fingerprint density at radius 2 is 0.894 bits per heavy atom. The van der Waals surface area contributed by atoms with E-state index in [1.165, 1.54) is 103 Å². The van der Waals surface area contributed by atoms with Gasteiger partial charge in [-0.1, -0.05) is 252 Å². The smallest absolute Gasteiger partial charge is 0.306 e. The molecule has 6 heteroatoms. The van der Waals surface area contributed by atoms with Crippen LogP contribution in [0, 0.1) is 0 Å². The van der Waals surface area contributed by atoms with E-state index in [9.17, 15) is 19.8 Å². The molecule has 0 fully saturated rings. The van der Waals surface area contributed by atoms with Gasteiger partial charge in [0.25, 0.3) is 0 Å². The Morgan fingerprint density at radius 3 is 1.42 bits per heavy atom. The van der Waals surface area contributed by atoms with Gasteiger partial charge >= 0.3 is 5.97 Å². The maximum Gasteiger partial charge on any atom is 0.306 e. The summed E-state index contributed by atoms with van der Waals surface area (Å²) in [7, 11) is 0. The van der Waals surface area contributed by atoms with Gasteiger partial charge in [0.05, 0.1) is 25.2 Å². The molecule has 3 unspecified atom stereocenters. The third-order valence-electron chi connectivity index (χ3n) is 11.7. The predicted molar refractivity (Wildman–Crippen MR) is 287 cm³/mol. The van der Waals surface area contributed by atoms with Crippen LogP contribution in [0.2, 0.25) is 0 Å². The minimum absolute atomic E-state index is 0.0149. The predicted octanol–water partition coefficient (Wildman–Crippen LogP) is 16.7. The lowest BCUT2D eigenvalue weighted by Gasteiger charge is -2.24. The van der Waals surface area contributed by atoms with E-state index < -0.39 is 18.2 Å². The lowest BCUT2D eigenvalue weighted by atomic mass is 10.0. The third kappa shape index (κ3) is 47.0. The summed E-state index contributed by atoms with van der Waals surface area (Å²) in [6.45, 7) is 6.28. The average Bonchev–Trinajstić information content (AvgIpc) is 3.31. The van der Waals surface area contributed by atoms with Gasteiger partial charge in [0.15, 0.2) is 0 Å². The summed E-state index contributed by atoms with van der Waals surface area (Å²) in [4.78, 5) is 26.2. The number of carbonyl (C=O) groups is 2. The fourth-order valence-electron chi connectivity index (χ4n) is 7.65. The fraction of sp³-hybridized carbons (Fsp3) is 0.667. The van der Waals surface area contributed by atoms with Crippen LogP contribution in [0.5, 0.6) is 0 Å². The van der Waals surface area contributed by atoms with Crippen LogP contribution in [-0.2, 0) is 14.3 Å². The Kier molecular flexibility index (Phi) is 49.7. The van der Waals surface area contributed by atoms with Crippen molar-refractivity contribution in [2.24, 2.45) is 0 Å². The van der Waals surface area contributed by atoms with E-state index in [4.69, 9.17) is 4.74 Å². The first-order valence-electron chi connectivity index (χ1n) is 27.2. The van der Waals surface area contributed by atoms with Crippen LogP contribution >= 0.6 is 0 Å². The van der Waals surface area contributed by atoms with Crippen LogP contribution in [0.15, 0.2) is 109 Å². The number of nitrogens with one attached hydrogen (secondary N) is 1. The molecule has 0 spiro atoms. The first-order valence-corrected chi connectivity index (χ1v) is 27.2. The highest BCUT2D eigenvalue weighted by Crippen LogP contribution is 2.17. The molecular weight excluding hydrogens is 815 g/mol. The first kappa shape index (κ1) is 62.5. The molecule has 66 heavy (non-hydrogen) atoms.